The number of hydrogen-bond acceptors (Lipinski definition) is 5. The second-order valence-electron chi connectivity index (χ2n) is 8.79. The molecule has 172 valence electrons. The lowest BCUT2D eigenvalue weighted by molar-refractivity contribution is -0.0956. The third-order valence-electron chi connectivity index (χ3n) is 6.82. The number of carbonyl (C=O) groups is 1. The van der Waals surface area contributed by atoms with E-state index in [2.05, 4.69) is 4.98 Å². The molecule has 1 amide bonds. The fraction of sp³-hybridized carbons (Fsp3) is 0.400. The standard InChI is InChI=1S/C25H27N3O4S/c1-15-4-3-5-21(16(15)2)28-23(30)19-7-6-18(14-20(19)26-25(28)33)22(29)27-10-8-17(9-11-27)24-31-12-13-32-24/h3-7,14,17,24H,8-13H2,1-2H3,(H,26,33). The number of H-pyrrole nitrogens is 1. The van der Waals surface area contributed by atoms with Gasteiger partial charge < -0.3 is 19.4 Å². The molecule has 3 heterocycles. The number of carbonyl (C=O) groups excluding carboxylic acids is 1. The van der Waals surface area contributed by atoms with Gasteiger partial charge in [0.1, 0.15) is 0 Å². The van der Waals surface area contributed by atoms with Gasteiger partial charge in [-0.3, -0.25) is 14.2 Å². The molecule has 0 saturated carbocycles. The zero-order chi connectivity index (χ0) is 23.1. The third-order valence-corrected chi connectivity index (χ3v) is 7.11. The summed E-state index contributed by atoms with van der Waals surface area (Å²) in [4.78, 5) is 31.5. The highest BCUT2D eigenvalue weighted by molar-refractivity contribution is 7.71. The number of rotatable bonds is 3. The molecule has 0 spiro atoms. The maximum Gasteiger partial charge on any atom is 0.266 e. The number of nitrogens with zero attached hydrogens (tertiary/aromatic N) is 2. The number of aromatic nitrogens is 2. The first-order valence-corrected chi connectivity index (χ1v) is 11.7. The van der Waals surface area contributed by atoms with Gasteiger partial charge in [0, 0.05) is 24.6 Å². The second kappa shape index (κ2) is 8.85. The maximum absolute atomic E-state index is 13.3. The van der Waals surface area contributed by atoms with Crippen LogP contribution in [-0.2, 0) is 9.47 Å². The summed E-state index contributed by atoms with van der Waals surface area (Å²) in [5.74, 6) is 0.287. The largest absolute Gasteiger partial charge is 0.350 e. The molecule has 5 rings (SSSR count). The molecular formula is C25H27N3O4S. The van der Waals surface area contributed by atoms with E-state index in [1.165, 1.54) is 4.57 Å². The molecule has 2 fully saturated rings. The van der Waals surface area contributed by atoms with E-state index < -0.39 is 0 Å². The Kier molecular flexibility index (Phi) is 5.90. The van der Waals surface area contributed by atoms with Crippen molar-refractivity contribution in [2.75, 3.05) is 26.3 Å². The Balaban J connectivity index is 1.42. The van der Waals surface area contributed by atoms with Crippen LogP contribution in [0, 0.1) is 24.5 Å². The lowest BCUT2D eigenvalue weighted by Gasteiger charge is -2.33. The number of aromatic amines is 1. The lowest BCUT2D eigenvalue weighted by Crippen LogP contribution is -2.41. The smallest absolute Gasteiger partial charge is 0.266 e. The molecule has 1 aromatic heterocycles. The predicted octanol–water partition coefficient (Wildman–Crippen LogP) is 3.89. The van der Waals surface area contributed by atoms with Crippen molar-refractivity contribution in [2.24, 2.45) is 5.92 Å². The van der Waals surface area contributed by atoms with Crippen LogP contribution in [0.3, 0.4) is 0 Å². The molecule has 2 aromatic carbocycles. The van der Waals surface area contributed by atoms with Gasteiger partial charge in [0.25, 0.3) is 11.5 Å². The zero-order valence-corrected chi connectivity index (χ0v) is 19.6. The number of ether oxygens (including phenoxy) is 2. The van der Waals surface area contributed by atoms with Gasteiger partial charge in [-0.15, -0.1) is 0 Å². The van der Waals surface area contributed by atoms with Crippen molar-refractivity contribution in [1.82, 2.24) is 14.5 Å². The summed E-state index contributed by atoms with van der Waals surface area (Å²) in [5, 5.41) is 0.496. The summed E-state index contributed by atoms with van der Waals surface area (Å²) in [6, 6.07) is 11.0. The van der Waals surface area contributed by atoms with E-state index in [1.54, 1.807) is 18.2 Å². The minimum Gasteiger partial charge on any atom is -0.350 e. The maximum atomic E-state index is 13.3. The predicted molar refractivity (Wildman–Crippen MR) is 129 cm³/mol. The molecule has 2 saturated heterocycles. The summed E-state index contributed by atoms with van der Waals surface area (Å²) in [6.07, 6.45) is 1.57. The van der Waals surface area contributed by atoms with Crippen molar-refractivity contribution in [2.45, 2.75) is 33.0 Å². The van der Waals surface area contributed by atoms with Crippen molar-refractivity contribution >= 4 is 29.0 Å². The number of amides is 1. The molecule has 0 radical (unpaired) electrons. The normalized spacial score (nSPS) is 17.7. The summed E-state index contributed by atoms with van der Waals surface area (Å²) in [6.45, 7) is 6.60. The van der Waals surface area contributed by atoms with E-state index in [0.29, 0.717) is 53.5 Å². The highest BCUT2D eigenvalue weighted by atomic mass is 32.1. The van der Waals surface area contributed by atoms with Gasteiger partial charge in [-0.25, -0.2) is 0 Å². The Morgan fingerprint density at radius 1 is 1.09 bits per heavy atom. The minimum absolute atomic E-state index is 0.0402. The van der Waals surface area contributed by atoms with Crippen LogP contribution in [-0.4, -0.2) is 53.0 Å². The SMILES string of the molecule is Cc1cccc(-n2c(=S)[nH]c3cc(C(=O)N4CCC(C5OCCO5)CC4)ccc3c2=O)c1C. The summed E-state index contributed by atoms with van der Waals surface area (Å²) < 4.78 is 13.1. The molecule has 3 aromatic rings. The Morgan fingerprint density at radius 2 is 1.82 bits per heavy atom. The van der Waals surface area contributed by atoms with Gasteiger partial charge in [0.15, 0.2) is 11.1 Å². The molecule has 2 aliphatic heterocycles. The van der Waals surface area contributed by atoms with E-state index in [-0.39, 0.29) is 17.8 Å². The Morgan fingerprint density at radius 3 is 2.55 bits per heavy atom. The fourth-order valence-corrected chi connectivity index (χ4v) is 5.04. The van der Waals surface area contributed by atoms with Gasteiger partial charge >= 0.3 is 0 Å². The van der Waals surface area contributed by atoms with Crippen LogP contribution in [0.4, 0.5) is 0 Å². The average Bonchev–Trinajstić information content (AvgIpc) is 3.36. The second-order valence-corrected chi connectivity index (χ2v) is 9.18. The van der Waals surface area contributed by atoms with Crippen LogP contribution >= 0.6 is 12.2 Å². The topological polar surface area (TPSA) is 76.6 Å². The molecule has 0 atom stereocenters. The monoisotopic (exact) mass is 465 g/mol. The number of hydrogen-bond donors (Lipinski definition) is 1. The number of fused-ring (bicyclic) bond motifs is 1. The molecule has 0 aliphatic carbocycles. The van der Waals surface area contributed by atoms with Crippen LogP contribution in [0.25, 0.3) is 16.6 Å². The Labute approximate surface area is 196 Å². The van der Waals surface area contributed by atoms with Crippen LogP contribution in [0.5, 0.6) is 0 Å². The van der Waals surface area contributed by atoms with Crippen molar-refractivity contribution in [3.05, 3.63) is 68.2 Å². The van der Waals surface area contributed by atoms with Gasteiger partial charge in [-0.1, -0.05) is 12.1 Å². The molecule has 0 unspecified atom stereocenters. The Hall–Kier alpha value is -2.81. The lowest BCUT2D eigenvalue weighted by atomic mass is 9.95. The average molecular weight is 466 g/mol. The molecule has 8 heteroatoms. The van der Waals surface area contributed by atoms with E-state index in [9.17, 15) is 9.59 Å². The number of nitrogens with one attached hydrogen (secondary N) is 1. The quantitative estimate of drug-likeness (QED) is 0.594. The highest BCUT2D eigenvalue weighted by Crippen LogP contribution is 2.27. The van der Waals surface area contributed by atoms with Gasteiger partial charge in [-0.2, -0.15) is 0 Å². The molecule has 7 nitrogen and oxygen atoms in total. The van der Waals surface area contributed by atoms with Crippen molar-refractivity contribution < 1.29 is 14.3 Å². The van der Waals surface area contributed by atoms with Crippen LogP contribution in [0.2, 0.25) is 0 Å². The van der Waals surface area contributed by atoms with Crippen molar-refractivity contribution in [1.29, 1.82) is 0 Å². The highest BCUT2D eigenvalue weighted by Gasteiger charge is 2.32. The third kappa shape index (κ3) is 4.03. The molecule has 0 bridgehead atoms. The minimum atomic E-state index is -0.196. The van der Waals surface area contributed by atoms with E-state index in [4.69, 9.17) is 21.7 Å². The summed E-state index contributed by atoms with van der Waals surface area (Å²) in [5.41, 5.74) is 3.77. The zero-order valence-electron chi connectivity index (χ0n) is 18.8. The molecule has 2 aliphatic rings. The van der Waals surface area contributed by atoms with E-state index >= 15 is 0 Å². The number of benzene rings is 2. The van der Waals surface area contributed by atoms with Crippen molar-refractivity contribution in [3.8, 4) is 5.69 Å². The number of likely N-dealkylation sites (tertiary alicyclic amines) is 1. The van der Waals surface area contributed by atoms with Crippen LogP contribution in [0.1, 0.15) is 34.3 Å². The van der Waals surface area contributed by atoms with E-state index in [1.807, 2.05) is 36.9 Å². The van der Waals surface area contributed by atoms with Gasteiger partial charge in [-0.05, 0) is 74.3 Å². The van der Waals surface area contributed by atoms with Gasteiger partial charge in [0.05, 0.1) is 29.8 Å². The van der Waals surface area contributed by atoms with Crippen molar-refractivity contribution in [3.63, 3.8) is 0 Å². The molecular weight excluding hydrogens is 438 g/mol. The summed E-state index contributed by atoms with van der Waals surface area (Å²) >= 11 is 5.54. The summed E-state index contributed by atoms with van der Waals surface area (Å²) in [7, 11) is 0. The van der Waals surface area contributed by atoms with E-state index in [0.717, 1.165) is 29.7 Å². The molecule has 33 heavy (non-hydrogen) atoms. The number of piperidine rings is 1. The van der Waals surface area contributed by atoms with Gasteiger partial charge in [0.2, 0.25) is 0 Å². The Bertz CT molecular complexity index is 1330. The molecule has 1 N–H and O–H groups in total. The van der Waals surface area contributed by atoms with Crippen LogP contribution in [0.15, 0.2) is 41.2 Å². The first-order chi connectivity index (χ1) is 15.9. The fourth-order valence-electron chi connectivity index (χ4n) is 4.75. The first kappa shape index (κ1) is 22.0. The first-order valence-electron chi connectivity index (χ1n) is 11.3. The number of aryl methyl sites for hydroxylation is 1. The van der Waals surface area contributed by atoms with Crippen LogP contribution < -0.4 is 5.56 Å².